The van der Waals surface area contributed by atoms with E-state index in [0.717, 1.165) is 51.8 Å². The number of carboxylic acid groups (broad SMARTS) is 1. The van der Waals surface area contributed by atoms with Crippen LogP contribution in [0.15, 0.2) is 48.5 Å². The van der Waals surface area contributed by atoms with Crippen LogP contribution >= 0.6 is 11.6 Å². The van der Waals surface area contributed by atoms with Gasteiger partial charge in [-0.1, -0.05) is 58.0 Å². The average molecular weight is 742 g/mol. The van der Waals surface area contributed by atoms with Crippen molar-refractivity contribution in [2.75, 3.05) is 39.3 Å². The van der Waals surface area contributed by atoms with E-state index >= 15 is 0 Å². The Hall–Kier alpha value is -4.06. The summed E-state index contributed by atoms with van der Waals surface area (Å²) >= 11 is 6.98. The molecule has 2 N–H and O–H groups in total. The first-order chi connectivity index (χ1) is 24.6. The van der Waals surface area contributed by atoms with Crippen LogP contribution < -0.4 is 10.1 Å². The zero-order valence-electron chi connectivity index (χ0n) is 29.7. The van der Waals surface area contributed by atoms with E-state index < -0.39 is 18.9 Å². The number of hydrogen-bond acceptors (Lipinski definition) is 5. The van der Waals surface area contributed by atoms with Crippen LogP contribution in [0.25, 0.3) is 32.8 Å². The lowest BCUT2D eigenvalue weighted by molar-refractivity contribution is 0.0677. The molecule has 5 aromatic rings. The van der Waals surface area contributed by atoms with Crippen molar-refractivity contribution in [2.45, 2.75) is 73.3 Å². The van der Waals surface area contributed by atoms with Crippen LogP contribution in [0.4, 0.5) is 13.2 Å². The number of hydrogen-bond donors (Lipinski definition) is 2. The molecule has 0 fully saturated rings. The quantitative estimate of drug-likeness (QED) is 0.132. The lowest BCUT2D eigenvalue weighted by atomic mass is 9.96. The number of benzene rings is 3. The first kappa shape index (κ1) is 40.7. The Labute approximate surface area is 309 Å². The molecule has 1 aliphatic rings. The molecule has 0 saturated carbocycles. The van der Waals surface area contributed by atoms with Crippen molar-refractivity contribution < 1.29 is 27.8 Å². The van der Waals surface area contributed by atoms with Crippen LogP contribution in [-0.2, 0) is 32.9 Å². The van der Waals surface area contributed by atoms with Crippen molar-refractivity contribution in [1.82, 2.24) is 24.6 Å². The van der Waals surface area contributed by atoms with Crippen molar-refractivity contribution in [1.29, 1.82) is 0 Å². The van der Waals surface area contributed by atoms with Gasteiger partial charge in [-0.2, -0.15) is 5.10 Å². The highest BCUT2D eigenvalue weighted by Crippen LogP contribution is 2.43. The Kier molecular flexibility index (Phi) is 14.6. The molecule has 282 valence electrons. The van der Waals surface area contributed by atoms with E-state index in [1.54, 1.807) is 15.5 Å². The number of carbonyl (C=O) groups is 1. The first-order valence-corrected chi connectivity index (χ1v) is 18.1. The number of aromatic carboxylic acids is 1. The Morgan fingerprint density at radius 2 is 1.79 bits per heavy atom. The van der Waals surface area contributed by atoms with Crippen molar-refractivity contribution in [3.63, 3.8) is 0 Å². The average Bonchev–Trinajstić information content (AvgIpc) is 3.57. The molecular weight excluding hydrogens is 691 g/mol. The molecule has 3 aromatic carbocycles. The van der Waals surface area contributed by atoms with Gasteiger partial charge >= 0.3 is 5.97 Å². The Balaban J connectivity index is 0.000000944. The van der Waals surface area contributed by atoms with Gasteiger partial charge < -0.3 is 19.7 Å². The first-order valence-electron chi connectivity index (χ1n) is 17.7. The summed E-state index contributed by atoms with van der Waals surface area (Å²) in [4.78, 5) is 14.7. The van der Waals surface area contributed by atoms with Gasteiger partial charge in [-0.15, -0.1) is 0 Å². The number of aryl methyl sites for hydroxylation is 3. The van der Waals surface area contributed by atoms with Gasteiger partial charge in [0.1, 0.15) is 17.3 Å². The van der Waals surface area contributed by atoms with Gasteiger partial charge in [0.2, 0.25) is 0 Å². The number of carboxylic acids is 1. The predicted octanol–water partition coefficient (Wildman–Crippen LogP) is 9.02. The molecule has 0 atom stereocenters. The highest BCUT2D eigenvalue weighted by molar-refractivity contribution is 6.35. The minimum Gasteiger partial charge on any atom is -0.493 e. The number of rotatable bonds is 11. The molecule has 0 aliphatic carbocycles. The van der Waals surface area contributed by atoms with Crippen molar-refractivity contribution in [2.24, 2.45) is 7.05 Å². The van der Waals surface area contributed by atoms with Gasteiger partial charge in [0, 0.05) is 47.7 Å². The molecule has 0 unspecified atom stereocenters. The monoisotopic (exact) mass is 741 g/mol. The van der Waals surface area contributed by atoms with Crippen molar-refractivity contribution >= 4 is 39.2 Å². The van der Waals surface area contributed by atoms with Crippen molar-refractivity contribution in [3.8, 4) is 16.9 Å². The summed E-state index contributed by atoms with van der Waals surface area (Å²) < 4.78 is 50.6. The number of fused-ring (bicyclic) bond motifs is 3. The second-order valence-corrected chi connectivity index (χ2v) is 13.1. The van der Waals surface area contributed by atoms with E-state index in [-0.39, 0.29) is 32.0 Å². The van der Waals surface area contributed by atoms with E-state index in [4.69, 9.17) is 21.4 Å². The van der Waals surface area contributed by atoms with Gasteiger partial charge in [0.05, 0.1) is 29.4 Å². The van der Waals surface area contributed by atoms with E-state index in [1.807, 2.05) is 49.0 Å². The highest BCUT2D eigenvalue weighted by atomic mass is 35.5. The van der Waals surface area contributed by atoms with Crippen LogP contribution in [0.1, 0.15) is 68.5 Å². The molecule has 0 bridgehead atoms. The summed E-state index contributed by atoms with van der Waals surface area (Å²) in [7, 11) is 1.88. The van der Waals surface area contributed by atoms with E-state index in [9.17, 15) is 23.1 Å². The van der Waals surface area contributed by atoms with Gasteiger partial charge in [0.25, 0.3) is 6.43 Å². The second-order valence-electron chi connectivity index (χ2n) is 12.7. The van der Waals surface area contributed by atoms with Crippen molar-refractivity contribution in [3.05, 3.63) is 82.0 Å². The minimum absolute atomic E-state index is 0. The van der Waals surface area contributed by atoms with Gasteiger partial charge in [0.15, 0.2) is 0 Å². The summed E-state index contributed by atoms with van der Waals surface area (Å²) in [6, 6.07) is 13.7. The smallest absolute Gasteiger partial charge is 0.352 e. The highest BCUT2D eigenvalue weighted by Gasteiger charge is 2.30. The second kappa shape index (κ2) is 18.6. The number of nitrogens with zero attached hydrogens (tertiary/aromatic N) is 4. The third-order valence-electron chi connectivity index (χ3n) is 9.36. The normalized spacial score (nSPS) is 13.3. The number of ether oxygens (including phenoxy) is 1. The number of nitrogens with one attached hydrogen (secondary N) is 1. The summed E-state index contributed by atoms with van der Waals surface area (Å²) in [6.45, 7) is 9.24. The Morgan fingerprint density at radius 3 is 2.46 bits per heavy atom. The maximum absolute atomic E-state index is 13.8. The molecule has 0 radical (unpaired) electrons. The molecule has 1 aliphatic heterocycles. The van der Waals surface area contributed by atoms with Crippen LogP contribution in [0, 0.1) is 5.82 Å². The molecule has 8 nitrogen and oxygen atoms in total. The summed E-state index contributed by atoms with van der Waals surface area (Å²) in [5, 5.41) is 21.3. The van der Waals surface area contributed by atoms with E-state index in [1.165, 1.54) is 12.1 Å². The topological polar surface area (TPSA) is 84.6 Å². The van der Waals surface area contributed by atoms with Crippen LogP contribution in [0.5, 0.6) is 5.75 Å². The lowest BCUT2D eigenvalue weighted by Gasteiger charge is -2.22. The number of aromatic nitrogens is 3. The van der Waals surface area contributed by atoms with E-state index in [0.29, 0.717) is 67.1 Å². The summed E-state index contributed by atoms with van der Waals surface area (Å²) in [5.74, 6) is -0.797. The fourth-order valence-corrected chi connectivity index (χ4v) is 7.42. The molecule has 0 saturated heterocycles. The fraction of sp³-hybridized carbons (Fsp3) is 0.450. The minimum atomic E-state index is -2.51. The number of halogens is 4. The molecule has 0 spiro atoms. The fourth-order valence-electron chi connectivity index (χ4n) is 7.17. The third kappa shape index (κ3) is 8.93. The van der Waals surface area contributed by atoms with Crippen LogP contribution in [0.3, 0.4) is 0 Å². The van der Waals surface area contributed by atoms with Crippen LogP contribution in [0.2, 0.25) is 5.02 Å². The molecule has 2 aromatic heterocycles. The number of alkyl halides is 2. The zero-order chi connectivity index (χ0) is 36.7. The maximum atomic E-state index is 13.8. The lowest BCUT2D eigenvalue weighted by Crippen LogP contribution is -2.33. The molecule has 6 rings (SSSR count). The maximum Gasteiger partial charge on any atom is 0.352 e. The summed E-state index contributed by atoms with van der Waals surface area (Å²) in [5.41, 5.74) is 4.86. The van der Waals surface area contributed by atoms with Gasteiger partial charge in [-0.05, 0) is 93.0 Å². The predicted molar refractivity (Wildman–Crippen MR) is 205 cm³/mol. The zero-order valence-corrected chi connectivity index (χ0v) is 30.5. The SMILES string of the molecule is C.CCNCC.CCc1c2c(nn1C)CCCN(CC(F)F)CCn1c(C(=O)O)c(CCCOc3cccc4cc(F)ccc34)c3ccc(Cl)c-2c31. The van der Waals surface area contributed by atoms with Gasteiger partial charge in [-0.3, -0.25) is 9.58 Å². The standard InChI is InChI=1S/C35H36ClF3N4O3.C4H11N.CH4/c1-3-28-32-27(40-41(28)2)9-5-15-42(20-30(38)39)16-17-43-33-25(13-14-26(36)31(32)33)24(34(43)35(44)45)8-6-18-46-29-10-4-7-21-19-22(37)11-12-23(21)29;1-3-5-4-2;/h4,7,10-14,19,30H,3,5-6,8-9,15-18,20H2,1-2H3,(H,44,45);5H,3-4H2,1-2H3;1H4. The molecule has 12 heteroatoms. The molecule has 0 amide bonds. The Bertz CT molecular complexity index is 1970. The molecule has 3 heterocycles. The van der Waals surface area contributed by atoms with Gasteiger partial charge in [-0.25, -0.2) is 18.0 Å². The molecular formula is C40H51ClF3N5O3. The van der Waals surface area contributed by atoms with E-state index in [2.05, 4.69) is 19.2 Å². The largest absolute Gasteiger partial charge is 0.493 e. The Morgan fingerprint density at radius 1 is 1.04 bits per heavy atom. The van der Waals surface area contributed by atoms with Crippen LogP contribution in [-0.4, -0.2) is 76.1 Å². The summed E-state index contributed by atoms with van der Waals surface area (Å²) in [6.07, 6.45) is 0.278. The molecule has 52 heavy (non-hydrogen) atoms. The third-order valence-corrected chi connectivity index (χ3v) is 9.67.